The molecule has 2 rings (SSSR count). The van der Waals surface area contributed by atoms with Gasteiger partial charge in [-0.05, 0) is 31.5 Å². The molecule has 0 saturated carbocycles. The zero-order valence-electron chi connectivity index (χ0n) is 14.3. The Bertz CT molecular complexity index is 682. The third-order valence-electron chi connectivity index (χ3n) is 4.05. The van der Waals surface area contributed by atoms with Gasteiger partial charge in [-0.25, -0.2) is 4.98 Å². The van der Waals surface area contributed by atoms with Crippen LogP contribution in [-0.4, -0.2) is 29.8 Å². The molecule has 0 aliphatic carbocycles. The minimum absolute atomic E-state index is 0.0124. The number of hydrogen-bond donors (Lipinski definition) is 1. The maximum Gasteiger partial charge on any atom is 0.261 e. The Morgan fingerprint density at radius 2 is 2.09 bits per heavy atom. The van der Waals surface area contributed by atoms with Crippen LogP contribution in [0.5, 0.6) is 0 Å². The Kier molecular flexibility index (Phi) is 6.74. The highest BCUT2D eigenvalue weighted by atomic mass is 16.5. The fourth-order valence-electron chi connectivity index (χ4n) is 2.72. The van der Waals surface area contributed by atoms with Crippen LogP contribution in [-0.2, 0) is 11.3 Å². The minimum atomic E-state index is 0.0124. The number of aromatic nitrogens is 2. The first-order chi connectivity index (χ1) is 11.2. The van der Waals surface area contributed by atoms with Crippen LogP contribution in [0.3, 0.4) is 0 Å². The molecule has 0 spiro atoms. The van der Waals surface area contributed by atoms with E-state index >= 15 is 0 Å². The first-order valence-corrected chi connectivity index (χ1v) is 8.44. The SMILES string of the molecule is CCCCNC(CC)c1nc2ccccc2c(=O)n1CCOC. The summed E-state index contributed by atoms with van der Waals surface area (Å²) in [5.74, 6) is 0.810. The number of nitrogens with zero attached hydrogens (tertiary/aromatic N) is 2. The van der Waals surface area contributed by atoms with E-state index in [4.69, 9.17) is 9.72 Å². The van der Waals surface area contributed by atoms with Crippen molar-refractivity contribution in [1.82, 2.24) is 14.9 Å². The van der Waals surface area contributed by atoms with Crippen LogP contribution in [0.4, 0.5) is 0 Å². The molecular weight excluding hydrogens is 290 g/mol. The summed E-state index contributed by atoms with van der Waals surface area (Å²) < 4.78 is 6.93. The van der Waals surface area contributed by atoms with Crippen molar-refractivity contribution in [3.63, 3.8) is 0 Å². The molecule has 5 heteroatoms. The third-order valence-corrected chi connectivity index (χ3v) is 4.05. The summed E-state index contributed by atoms with van der Waals surface area (Å²) in [6, 6.07) is 7.62. The minimum Gasteiger partial charge on any atom is -0.383 e. The summed E-state index contributed by atoms with van der Waals surface area (Å²) in [6.45, 7) is 6.24. The summed E-state index contributed by atoms with van der Waals surface area (Å²) in [7, 11) is 1.65. The zero-order valence-corrected chi connectivity index (χ0v) is 14.3. The maximum atomic E-state index is 12.8. The van der Waals surface area contributed by atoms with Gasteiger partial charge in [0.25, 0.3) is 5.56 Å². The van der Waals surface area contributed by atoms with Gasteiger partial charge in [0.05, 0.1) is 30.1 Å². The summed E-state index contributed by atoms with van der Waals surface area (Å²) >= 11 is 0. The van der Waals surface area contributed by atoms with Gasteiger partial charge in [0.2, 0.25) is 0 Å². The van der Waals surface area contributed by atoms with Gasteiger partial charge < -0.3 is 10.1 Å². The van der Waals surface area contributed by atoms with Crippen molar-refractivity contribution < 1.29 is 4.74 Å². The molecule has 1 unspecified atom stereocenters. The summed E-state index contributed by atoms with van der Waals surface area (Å²) in [6.07, 6.45) is 3.15. The molecule has 1 aromatic heterocycles. The molecule has 0 saturated heterocycles. The molecule has 1 atom stereocenters. The van der Waals surface area contributed by atoms with Crippen LogP contribution in [0.1, 0.15) is 45.0 Å². The molecule has 0 fully saturated rings. The van der Waals surface area contributed by atoms with E-state index < -0.39 is 0 Å². The average Bonchev–Trinajstić information content (AvgIpc) is 2.58. The predicted molar refractivity (Wildman–Crippen MR) is 93.8 cm³/mol. The summed E-state index contributed by atoms with van der Waals surface area (Å²) in [5, 5.41) is 4.20. The van der Waals surface area contributed by atoms with Gasteiger partial charge in [0.15, 0.2) is 0 Å². The second-order valence-electron chi connectivity index (χ2n) is 5.71. The van der Waals surface area contributed by atoms with Crippen LogP contribution in [0, 0.1) is 0 Å². The normalized spacial score (nSPS) is 12.7. The van der Waals surface area contributed by atoms with Crippen molar-refractivity contribution in [2.45, 2.75) is 45.7 Å². The highest BCUT2D eigenvalue weighted by Gasteiger charge is 2.18. The number of hydrogen-bond acceptors (Lipinski definition) is 4. The molecule has 1 heterocycles. The third kappa shape index (κ3) is 4.18. The van der Waals surface area contributed by atoms with E-state index in [1.165, 1.54) is 0 Å². The standard InChI is InChI=1S/C18H27N3O2/c1-4-6-11-19-15(5-2)17-20-16-10-8-7-9-14(16)18(22)21(17)12-13-23-3/h7-10,15,19H,4-6,11-13H2,1-3H3. The fraction of sp³-hybridized carbons (Fsp3) is 0.556. The average molecular weight is 317 g/mol. The van der Waals surface area contributed by atoms with Gasteiger partial charge in [0.1, 0.15) is 5.82 Å². The second kappa shape index (κ2) is 8.79. The Hall–Kier alpha value is -1.72. The van der Waals surface area contributed by atoms with Crippen molar-refractivity contribution in [3.05, 3.63) is 40.4 Å². The molecular formula is C18H27N3O2. The van der Waals surface area contributed by atoms with Gasteiger partial charge in [-0.1, -0.05) is 32.4 Å². The lowest BCUT2D eigenvalue weighted by molar-refractivity contribution is 0.184. The largest absolute Gasteiger partial charge is 0.383 e. The predicted octanol–water partition coefficient (Wildman–Crippen LogP) is 2.88. The Labute approximate surface area is 137 Å². The smallest absolute Gasteiger partial charge is 0.261 e. The van der Waals surface area contributed by atoms with Gasteiger partial charge in [0, 0.05) is 7.11 Å². The topological polar surface area (TPSA) is 56.2 Å². The number of methoxy groups -OCH3 is 1. The number of benzene rings is 1. The zero-order chi connectivity index (χ0) is 16.7. The molecule has 5 nitrogen and oxygen atoms in total. The number of para-hydroxylation sites is 1. The van der Waals surface area contributed by atoms with Crippen molar-refractivity contribution in [1.29, 1.82) is 0 Å². The highest BCUT2D eigenvalue weighted by Crippen LogP contribution is 2.17. The van der Waals surface area contributed by atoms with Gasteiger partial charge in [-0.3, -0.25) is 9.36 Å². The van der Waals surface area contributed by atoms with Crippen LogP contribution < -0.4 is 10.9 Å². The monoisotopic (exact) mass is 317 g/mol. The molecule has 1 aromatic carbocycles. The molecule has 0 amide bonds. The van der Waals surface area contributed by atoms with Gasteiger partial charge >= 0.3 is 0 Å². The summed E-state index contributed by atoms with van der Waals surface area (Å²) in [4.78, 5) is 17.6. The van der Waals surface area contributed by atoms with E-state index in [9.17, 15) is 4.79 Å². The first kappa shape index (κ1) is 17.6. The molecule has 23 heavy (non-hydrogen) atoms. The lowest BCUT2D eigenvalue weighted by Gasteiger charge is -2.21. The molecule has 2 aromatic rings. The molecule has 0 radical (unpaired) electrons. The van der Waals surface area contributed by atoms with Crippen LogP contribution in [0.2, 0.25) is 0 Å². The van der Waals surface area contributed by atoms with Crippen molar-refractivity contribution in [2.75, 3.05) is 20.3 Å². The van der Waals surface area contributed by atoms with Crippen molar-refractivity contribution >= 4 is 10.9 Å². The van der Waals surface area contributed by atoms with Crippen molar-refractivity contribution in [3.8, 4) is 0 Å². The van der Waals surface area contributed by atoms with E-state index in [0.717, 1.165) is 37.1 Å². The number of fused-ring (bicyclic) bond motifs is 1. The lowest BCUT2D eigenvalue weighted by atomic mass is 10.1. The lowest BCUT2D eigenvalue weighted by Crippen LogP contribution is -2.33. The molecule has 0 aliphatic rings. The number of ether oxygens (including phenoxy) is 1. The Morgan fingerprint density at radius 3 is 2.78 bits per heavy atom. The molecule has 0 bridgehead atoms. The molecule has 1 N–H and O–H groups in total. The van der Waals surface area contributed by atoms with E-state index in [0.29, 0.717) is 18.5 Å². The van der Waals surface area contributed by atoms with E-state index in [1.807, 2.05) is 24.3 Å². The quantitative estimate of drug-likeness (QED) is 0.723. The second-order valence-corrected chi connectivity index (χ2v) is 5.71. The number of nitrogens with one attached hydrogen (secondary N) is 1. The first-order valence-electron chi connectivity index (χ1n) is 8.44. The Balaban J connectivity index is 2.47. The van der Waals surface area contributed by atoms with E-state index in [2.05, 4.69) is 19.2 Å². The van der Waals surface area contributed by atoms with Gasteiger partial charge in [-0.2, -0.15) is 0 Å². The molecule has 126 valence electrons. The van der Waals surface area contributed by atoms with E-state index in [-0.39, 0.29) is 11.6 Å². The maximum absolute atomic E-state index is 12.8. The van der Waals surface area contributed by atoms with Crippen LogP contribution >= 0.6 is 0 Å². The number of unbranched alkanes of at least 4 members (excludes halogenated alkanes) is 1. The molecule has 0 aliphatic heterocycles. The fourth-order valence-corrected chi connectivity index (χ4v) is 2.72. The van der Waals surface area contributed by atoms with Crippen LogP contribution in [0.25, 0.3) is 10.9 Å². The summed E-state index contributed by atoms with van der Waals surface area (Å²) in [5.41, 5.74) is 0.773. The van der Waals surface area contributed by atoms with E-state index in [1.54, 1.807) is 11.7 Å². The van der Waals surface area contributed by atoms with Crippen LogP contribution in [0.15, 0.2) is 29.1 Å². The number of rotatable bonds is 9. The van der Waals surface area contributed by atoms with Gasteiger partial charge in [-0.15, -0.1) is 0 Å². The van der Waals surface area contributed by atoms with Crippen molar-refractivity contribution in [2.24, 2.45) is 0 Å². The highest BCUT2D eigenvalue weighted by molar-refractivity contribution is 5.77. The Morgan fingerprint density at radius 1 is 1.30 bits per heavy atom.